The van der Waals surface area contributed by atoms with Crippen molar-refractivity contribution in [2.24, 2.45) is 0 Å². The Balaban J connectivity index is 2.63. The molecule has 0 saturated heterocycles. The van der Waals surface area contributed by atoms with Crippen LogP contribution in [-0.4, -0.2) is 25.2 Å². The molecule has 1 aromatic rings. The van der Waals surface area contributed by atoms with Crippen LogP contribution in [0.15, 0.2) is 22.7 Å². The highest BCUT2D eigenvalue weighted by molar-refractivity contribution is 9.10. The summed E-state index contributed by atoms with van der Waals surface area (Å²) in [5.74, 6) is -0.961. The molecule has 0 spiro atoms. The molecule has 0 unspecified atom stereocenters. The molecule has 0 fully saturated rings. The topological polar surface area (TPSA) is 52.6 Å². The van der Waals surface area contributed by atoms with E-state index >= 15 is 0 Å². The van der Waals surface area contributed by atoms with Gasteiger partial charge in [-0.05, 0) is 40.9 Å². The summed E-state index contributed by atoms with van der Waals surface area (Å²) in [5.41, 5.74) is 0.500. The molecule has 0 radical (unpaired) electrons. The zero-order valence-electron chi connectivity index (χ0n) is 15.3. The summed E-state index contributed by atoms with van der Waals surface area (Å²) in [4.78, 5) is 24.7. The van der Waals surface area contributed by atoms with Crippen molar-refractivity contribution in [3.63, 3.8) is 0 Å². The van der Waals surface area contributed by atoms with E-state index in [4.69, 9.17) is 9.47 Å². The number of halogens is 1. The predicted molar refractivity (Wildman–Crippen MR) is 103 cm³/mol. The minimum atomic E-state index is -0.484. The summed E-state index contributed by atoms with van der Waals surface area (Å²) < 4.78 is 11.2. The molecule has 1 aromatic carbocycles. The van der Waals surface area contributed by atoms with Crippen LogP contribution in [-0.2, 0) is 9.47 Å². The van der Waals surface area contributed by atoms with Gasteiger partial charge >= 0.3 is 11.9 Å². The molecule has 4 nitrogen and oxygen atoms in total. The Labute approximate surface area is 159 Å². The lowest BCUT2D eigenvalue weighted by atomic mass is 10.1. The molecule has 0 aliphatic heterocycles. The zero-order chi connectivity index (χ0) is 18.5. The third-order valence-corrected chi connectivity index (χ3v) is 4.56. The molecular formula is C20H29BrO4. The van der Waals surface area contributed by atoms with Gasteiger partial charge in [-0.25, -0.2) is 9.59 Å². The highest BCUT2D eigenvalue weighted by Crippen LogP contribution is 2.23. The van der Waals surface area contributed by atoms with Gasteiger partial charge in [-0.1, -0.05) is 58.4 Å². The van der Waals surface area contributed by atoms with E-state index in [1.54, 1.807) is 18.2 Å². The van der Waals surface area contributed by atoms with Gasteiger partial charge in [-0.2, -0.15) is 0 Å². The predicted octanol–water partition coefficient (Wildman–Crippen LogP) is 5.92. The summed E-state index contributed by atoms with van der Waals surface area (Å²) in [5, 5.41) is 0. The largest absolute Gasteiger partial charge is 0.462 e. The maximum atomic E-state index is 12.4. The van der Waals surface area contributed by atoms with Crippen LogP contribution >= 0.6 is 15.9 Å². The molecule has 0 aliphatic rings. The van der Waals surface area contributed by atoms with Crippen LogP contribution in [0, 0.1) is 0 Å². The average molecular weight is 413 g/mol. The average Bonchev–Trinajstić information content (AvgIpc) is 2.60. The van der Waals surface area contributed by atoms with Gasteiger partial charge in [-0.15, -0.1) is 0 Å². The van der Waals surface area contributed by atoms with Crippen LogP contribution in [0.4, 0.5) is 0 Å². The fourth-order valence-corrected chi connectivity index (χ4v) is 2.97. The summed E-state index contributed by atoms with van der Waals surface area (Å²) in [6.07, 6.45) is 8.26. The Kier molecular flexibility index (Phi) is 11.2. The lowest BCUT2D eigenvalue weighted by Gasteiger charge is -2.11. The van der Waals surface area contributed by atoms with Gasteiger partial charge < -0.3 is 9.47 Å². The molecular weight excluding hydrogens is 384 g/mol. The molecule has 0 heterocycles. The zero-order valence-corrected chi connectivity index (χ0v) is 16.9. The Morgan fingerprint density at radius 1 is 0.840 bits per heavy atom. The highest BCUT2D eigenvalue weighted by Gasteiger charge is 2.22. The van der Waals surface area contributed by atoms with E-state index in [1.807, 2.05) is 0 Å². The Bertz CT molecular complexity index is 542. The second-order valence-corrected chi connectivity index (χ2v) is 6.91. The van der Waals surface area contributed by atoms with Crippen molar-refractivity contribution in [2.75, 3.05) is 13.2 Å². The molecule has 0 aromatic heterocycles. The molecule has 1 rings (SSSR count). The summed E-state index contributed by atoms with van der Waals surface area (Å²) in [6.45, 7) is 5.00. The van der Waals surface area contributed by atoms with Gasteiger partial charge in [0.1, 0.15) is 0 Å². The van der Waals surface area contributed by atoms with Crippen LogP contribution in [0.2, 0.25) is 0 Å². The first-order valence-electron chi connectivity index (χ1n) is 9.24. The van der Waals surface area contributed by atoms with Gasteiger partial charge in [0.2, 0.25) is 0 Å². The molecule has 0 amide bonds. The summed E-state index contributed by atoms with van der Waals surface area (Å²) >= 11 is 3.34. The fraction of sp³-hybridized carbons (Fsp3) is 0.600. The molecule has 5 heteroatoms. The van der Waals surface area contributed by atoms with E-state index in [2.05, 4.69) is 29.8 Å². The van der Waals surface area contributed by atoms with Gasteiger partial charge in [0.15, 0.2) is 0 Å². The van der Waals surface area contributed by atoms with Crippen LogP contribution in [0.5, 0.6) is 0 Å². The monoisotopic (exact) mass is 412 g/mol. The van der Waals surface area contributed by atoms with Gasteiger partial charge in [0.05, 0.1) is 24.3 Å². The van der Waals surface area contributed by atoms with Crippen LogP contribution in [0.1, 0.15) is 85.9 Å². The number of benzene rings is 1. The number of carbonyl (C=O) groups is 2. The molecule has 0 atom stereocenters. The van der Waals surface area contributed by atoms with Crippen molar-refractivity contribution in [3.8, 4) is 0 Å². The molecule has 25 heavy (non-hydrogen) atoms. The number of carbonyl (C=O) groups excluding carboxylic acids is 2. The smallest absolute Gasteiger partial charge is 0.340 e. The highest BCUT2D eigenvalue weighted by atomic mass is 79.9. The number of hydrogen-bond acceptors (Lipinski definition) is 4. The van der Waals surface area contributed by atoms with Crippen LogP contribution < -0.4 is 0 Å². The van der Waals surface area contributed by atoms with Crippen molar-refractivity contribution in [1.29, 1.82) is 0 Å². The van der Waals surface area contributed by atoms with Gasteiger partial charge in [0, 0.05) is 4.47 Å². The number of hydrogen-bond donors (Lipinski definition) is 0. The van der Waals surface area contributed by atoms with E-state index in [0.29, 0.717) is 17.7 Å². The lowest BCUT2D eigenvalue weighted by molar-refractivity contribution is 0.0449. The van der Waals surface area contributed by atoms with E-state index in [-0.39, 0.29) is 11.1 Å². The maximum Gasteiger partial charge on any atom is 0.340 e. The molecule has 0 saturated carbocycles. The van der Waals surface area contributed by atoms with Gasteiger partial charge in [-0.3, -0.25) is 0 Å². The second kappa shape index (κ2) is 12.9. The van der Waals surface area contributed by atoms with Crippen LogP contribution in [0.25, 0.3) is 0 Å². The third kappa shape index (κ3) is 8.04. The third-order valence-electron chi connectivity index (χ3n) is 3.90. The number of unbranched alkanes of at least 4 members (excludes halogenated alkanes) is 6. The SMILES string of the molecule is CCCCCCOC(=O)c1cccc(Br)c1C(=O)OCCCCCC. The summed E-state index contributed by atoms with van der Waals surface area (Å²) in [7, 11) is 0. The summed E-state index contributed by atoms with van der Waals surface area (Å²) in [6, 6.07) is 5.05. The van der Waals surface area contributed by atoms with Crippen molar-refractivity contribution >= 4 is 27.9 Å². The number of esters is 2. The fourth-order valence-electron chi connectivity index (χ4n) is 2.44. The molecule has 0 N–H and O–H groups in total. The van der Waals surface area contributed by atoms with E-state index < -0.39 is 11.9 Å². The lowest BCUT2D eigenvalue weighted by Crippen LogP contribution is -2.15. The minimum absolute atomic E-state index is 0.247. The molecule has 0 aliphatic carbocycles. The molecule has 140 valence electrons. The second-order valence-electron chi connectivity index (χ2n) is 6.06. The first-order valence-corrected chi connectivity index (χ1v) is 10.0. The Morgan fingerprint density at radius 3 is 1.96 bits per heavy atom. The molecule has 0 bridgehead atoms. The van der Waals surface area contributed by atoms with Crippen molar-refractivity contribution < 1.29 is 19.1 Å². The van der Waals surface area contributed by atoms with Crippen LogP contribution in [0.3, 0.4) is 0 Å². The van der Waals surface area contributed by atoms with E-state index in [0.717, 1.165) is 51.4 Å². The minimum Gasteiger partial charge on any atom is -0.462 e. The van der Waals surface area contributed by atoms with E-state index in [9.17, 15) is 9.59 Å². The maximum absolute atomic E-state index is 12.4. The first kappa shape index (κ1) is 21.7. The quantitative estimate of drug-likeness (QED) is 0.315. The van der Waals surface area contributed by atoms with Crippen molar-refractivity contribution in [3.05, 3.63) is 33.8 Å². The van der Waals surface area contributed by atoms with Crippen molar-refractivity contribution in [1.82, 2.24) is 0 Å². The Morgan fingerprint density at radius 2 is 1.40 bits per heavy atom. The van der Waals surface area contributed by atoms with Crippen molar-refractivity contribution in [2.45, 2.75) is 65.2 Å². The standard InChI is InChI=1S/C20H29BrO4/c1-3-5-7-9-14-24-19(22)16-12-11-13-17(21)18(16)20(23)25-15-10-8-6-4-2/h11-13H,3-10,14-15H2,1-2H3. The normalized spacial score (nSPS) is 10.5. The Hall–Kier alpha value is -1.36. The number of rotatable bonds is 12. The number of ether oxygens (including phenoxy) is 2. The first-order chi connectivity index (χ1) is 12.1. The van der Waals surface area contributed by atoms with Gasteiger partial charge in [0.25, 0.3) is 0 Å². The van der Waals surface area contributed by atoms with E-state index in [1.165, 1.54) is 0 Å².